The molecule has 0 spiro atoms. The second-order valence-electron chi connectivity index (χ2n) is 3.56. The molecule has 1 rings (SSSR count). The van der Waals surface area contributed by atoms with Gasteiger partial charge in [0, 0.05) is 11.3 Å². The normalized spacial score (nSPS) is 14.4. The molecule has 1 aromatic heterocycles. The lowest BCUT2D eigenvalue weighted by atomic mass is 10.2. The number of nitrogen functional groups attached to an aromatic ring is 2. The summed E-state index contributed by atoms with van der Waals surface area (Å²) >= 11 is 1.61. The highest BCUT2D eigenvalue weighted by Gasteiger charge is 2.15. The Kier molecular flexibility index (Phi) is 4.70. The van der Waals surface area contributed by atoms with Gasteiger partial charge >= 0.3 is 0 Å². The fourth-order valence-electron chi connectivity index (χ4n) is 1.33. The maximum atomic E-state index is 9.15. The third-order valence-corrected chi connectivity index (χ3v) is 3.54. The summed E-state index contributed by atoms with van der Waals surface area (Å²) in [4.78, 5) is 4.11. The molecule has 5 nitrogen and oxygen atoms in total. The zero-order valence-corrected chi connectivity index (χ0v) is 10.3. The molecule has 0 bridgehead atoms. The Labute approximate surface area is 99.6 Å². The Morgan fingerprint density at radius 2 is 2.19 bits per heavy atom. The molecule has 16 heavy (non-hydrogen) atoms. The minimum Gasteiger partial charge on any atom is -0.396 e. The number of aliphatic hydroxyl groups is 1. The molecule has 0 fully saturated rings. The van der Waals surface area contributed by atoms with E-state index in [1.165, 1.54) is 0 Å². The van der Waals surface area contributed by atoms with Crippen LogP contribution < -0.4 is 16.8 Å². The molecule has 0 aliphatic rings. The Bertz CT molecular complexity index is 344. The standard InChI is InChI=1S/C10H18N4OS/c1-6(8(5-15)16-2)13-9-4-3-7(11)10(12)14-9/h3-4,6,8,15H,5,11H2,1-2H3,(H3,12,13,14). The summed E-state index contributed by atoms with van der Waals surface area (Å²) in [5.74, 6) is 0.994. The molecule has 0 aliphatic heterocycles. The first-order valence-corrected chi connectivity index (χ1v) is 6.29. The Morgan fingerprint density at radius 1 is 1.50 bits per heavy atom. The maximum absolute atomic E-state index is 9.15. The van der Waals surface area contributed by atoms with Crippen molar-refractivity contribution < 1.29 is 5.11 Å². The Morgan fingerprint density at radius 3 is 2.69 bits per heavy atom. The number of nitrogens with zero attached hydrogens (tertiary/aromatic N) is 1. The molecule has 6 N–H and O–H groups in total. The van der Waals surface area contributed by atoms with E-state index in [0.29, 0.717) is 17.3 Å². The van der Waals surface area contributed by atoms with Crippen molar-refractivity contribution >= 4 is 29.1 Å². The summed E-state index contributed by atoms with van der Waals surface area (Å²) in [5.41, 5.74) is 11.7. The highest BCUT2D eigenvalue weighted by molar-refractivity contribution is 7.99. The highest BCUT2D eigenvalue weighted by atomic mass is 32.2. The molecule has 0 radical (unpaired) electrons. The van der Waals surface area contributed by atoms with Crippen LogP contribution >= 0.6 is 11.8 Å². The Hall–Kier alpha value is -1.14. The van der Waals surface area contributed by atoms with Gasteiger partial charge < -0.3 is 21.9 Å². The number of nitrogens with two attached hydrogens (primary N) is 2. The number of anilines is 3. The molecule has 2 atom stereocenters. The van der Waals surface area contributed by atoms with Gasteiger partial charge in [-0.2, -0.15) is 11.8 Å². The largest absolute Gasteiger partial charge is 0.396 e. The molecular formula is C10H18N4OS. The van der Waals surface area contributed by atoms with Crippen LogP contribution in [0.5, 0.6) is 0 Å². The lowest BCUT2D eigenvalue weighted by Gasteiger charge is -2.21. The van der Waals surface area contributed by atoms with Gasteiger partial charge in [-0.25, -0.2) is 4.98 Å². The van der Waals surface area contributed by atoms with Gasteiger partial charge in [-0.05, 0) is 25.3 Å². The van der Waals surface area contributed by atoms with Gasteiger partial charge in [0.1, 0.15) is 11.6 Å². The monoisotopic (exact) mass is 242 g/mol. The van der Waals surface area contributed by atoms with Crippen LogP contribution in [0, 0.1) is 0 Å². The first kappa shape index (κ1) is 12.9. The summed E-state index contributed by atoms with van der Waals surface area (Å²) < 4.78 is 0. The summed E-state index contributed by atoms with van der Waals surface area (Å²) in [6.07, 6.45) is 1.96. The number of aliphatic hydroxyl groups excluding tert-OH is 1. The highest BCUT2D eigenvalue weighted by Crippen LogP contribution is 2.18. The topological polar surface area (TPSA) is 97.2 Å². The van der Waals surface area contributed by atoms with Gasteiger partial charge in [-0.15, -0.1) is 0 Å². The predicted octanol–water partition coefficient (Wildman–Crippen LogP) is 0.770. The fraction of sp³-hybridized carbons (Fsp3) is 0.500. The Balaban J connectivity index is 2.69. The molecule has 90 valence electrons. The van der Waals surface area contributed by atoms with Crippen LogP contribution in [0.25, 0.3) is 0 Å². The quantitative estimate of drug-likeness (QED) is 0.609. The summed E-state index contributed by atoms with van der Waals surface area (Å²) in [5, 5.41) is 12.5. The number of hydrogen-bond acceptors (Lipinski definition) is 6. The second-order valence-corrected chi connectivity index (χ2v) is 4.64. The van der Waals surface area contributed by atoms with Gasteiger partial charge in [-0.1, -0.05) is 0 Å². The van der Waals surface area contributed by atoms with Crippen molar-refractivity contribution in [3.8, 4) is 0 Å². The molecule has 0 saturated carbocycles. The lowest BCUT2D eigenvalue weighted by molar-refractivity contribution is 0.288. The summed E-state index contributed by atoms with van der Waals surface area (Å²) in [6, 6.07) is 3.59. The number of hydrogen-bond donors (Lipinski definition) is 4. The number of pyridine rings is 1. The van der Waals surface area contributed by atoms with Crippen LogP contribution in [0.2, 0.25) is 0 Å². The van der Waals surface area contributed by atoms with Crippen LogP contribution in [0.1, 0.15) is 6.92 Å². The van der Waals surface area contributed by atoms with Gasteiger partial charge in [-0.3, -0.25) is 0 Å². The van der Waals surface area contributed by atoms with E-state index in [0.717, 1.165) is 0 Å². The lowest BCUT2D eigenvalue weighted by Crippen LogP contribution is -2.31. The first-order valence-electron chi connectivity index (χ1n) is 5.00. The smallest absolute Gasteiger partial charge is 0.149 e. The minimum atomic E-state index is 0.107. The van der Waals surface area contributed by atoms with Crippen molar-refractivity contribution in [1.29, 1.82) is 0 Å². The molecule has 0 aliphatic carbocycles. The van der Waals surface area contributed by atoms with E-state index < -0.39 is 0 Å². The van der Waals surface area contributed by atoms with Crippen LogP contribution in [0.15, 0.2) is 12.1 Å². The van der Waals surface area contributed by atoms with Crippen molar-refractivity contribution in [3.63, 3.8) is 0 Å². The number of nitrogens with one attached hydrogen (secondary N) is 1. The van der Waals surface area contributed by atoms with E-state index >= 15 is 0 Å². The average Bonchev–Trinajstić information content (AvgIpc) is 2.25. The van der Waals surface area contributed by atoms with Gasteiger partial charge in [0.05, 0.1) is 12.3 Å². The van der Waals surface area contributed by atoms with E-state index in [-0.39, 0.29) is 17.9 Å². The van der Waals surface area contributed by atoms with E-state index in [9.17, 15) is 0 Å². The van der Waals surface area contributed by atoms with Crippen molar-refractivity contribution in [3.05, 3.63) is 12.1 Å². The van der Waals surface area contributed by atoms with E-state index in [4.69, 9.17) is 16.6 Å². The summed E-state index contributed by atoms with van der Waals surface area (Å²) in [6.45, 7) is 2.12. The van der Waals surface area contributed by atoms with E-state index in [2.05, 4.69) is 10.3 Å². The number of thioether (sulfide) groups is 1. The zero-order valence-electron chi connectivity index (χ0n) is 9.47. The predicted molar refractivity (Wildman–Crippen MR) is 70.5 cm³/mol. The summed E-state index contributed by atoms with van der Waals surface area (Å²) in [7, 11) is 0. The van der Waals surface area contributed by atoms with E-state index in [1.807, 2.05) is 13.2 Å². The van der Waals surface area contributed by atoms with Crippen LogP contribution in [0.3, 0.4) is 0 Å². The zero-order chi connectivity index (χ0) is 12.1. The maximum Gasteiger partial charge on any atom is 0.149 e. The third-order valence-electron chi connectivity index (χ3n) is 2.37. The molecular weight excluding hydrogens is 224 g/mol. The molecule has 1 heterocycles. The average molecular weight is 242 g/mol. The molecule has 1 aromatic rings. The fourth-order valence-corrected chi connectivity index (χ4v) is 1.95. The second kappa shape index (κ2) is 5.81. The molecule has 0 saturated heterocycles. The van der Waals surface area contributed by atoms with Crippen molar-refractivity contribution in [2.75, 3.05) is 29.6 Å². The molecule has 0 aromatic carbocycles. The van der Waals surface area contributed by atoms with Crippen molar-refractivity contribution in [2.24, 2.45) is 0 Å². The van der Waals surface area contributed by atoms with Gasteiger partial charge in [0.25, 0.3) is 0 Å². The molecule has 0 amide bonds. The van der Waals surface area contributed by atoms with Crippen LogP contribution in [-0.4, -0.2) is 34.2 Å². The molecule has 2 unspecified atom stereocenters. The number of rotatable bonds is 5. The van der Waals surface area contributed by atoms with Crippen molar-refractivity contribution in [2.45, 2.75) is 18.2 Å². The van der Waals surface area contributed by atoms with Crippen LogP contribution in [0.4, 0.5) is 17.3 Å². The van der Waals surface area contributed by atoms with Crippen molar-refractivity contribution in [1.82, 2.24) is 4.98 Å². The molecule has 6 heteroatoms. The van der Waals surface area contributed by atoms with Gasteiger partial charge in [0.15, 0.2) is 0 Å². The SMILES string of the molecule is CSC(CO)C(C)Nc1ccc(N)c(N)n1. The first-order chi connectivity index (χ1) is 7.58. The van der Waals surface area contributed by atoms with Crippen LogP contribution in [-0.2, 0) is 0 Å². The minimum absolute atomic E-state index is 0.107. The van der Waals surface area contributed by atoms with E-state index in [1.54, 1.807) is 23.9 Å². The van der Waals surface area contributed by atoms with Gasteiger partial charge in [0.2, 0.25) is 0 Å². The number of aromatic nitrogens is 1. The third kappa shape index (κ3) is 3.18.